The lowest BCUT2D eigenvalue weighted by Gasteiger charge is -2.39. The van der Waals surface area contributed by atoms with Gasteiger partial charge in [-0.3, -0.25) is 0 Å². The fourth-order valence-electron chi connectivity index (χ4n) is 1.82. The highest BCUT2D eigenvalue weighted by molar-refractivity contribution is 6.18. The number of carbonyl (C=O) groups excluding carboxylic acids is 1. The van der Waals surface area contributed by atoms with E-state index in [1.54, 1.807) is 0 Å². The number of aliphatic hydroxyl groups excluding tert-OH is 3. The number of nitroso groups, excluding NO2 is 1. The molecule has 0 aromatic heterocycles. The highest BCUT2D eigenvalue weighted by atomic mass is 35.5. The number of nitrogens with zero attached hydrogens (tertiary/aromatic N) is 2. The summed E-state index contributed by atoms with van der Waals surface area (Å²) in [5, 5.41) is 34.4. The van der Waals surface area contributed by atoms with Gasteiger partial charge in [-0.05, 0) is 0 Å². The first-order valence-electron chi connectivity index (χ1n) is 6.13. The lowest BCUT2D eigenvalue weighted by Crippen LogP contribution is -2.60. The molecular weight excluding hydrogens is 310 g/mol. The van der Waals surface area contributed by atoms with Crippen molar-refractivity contribution in [2.75, 3.05) is 26.1 Å². The van der Waals surface area contributed by atoms with E-state index in [9.17, 15) is 25.0 Å². The second-order valence-corrected chi connectivity index (χ2v) is 4.71. The van der Waals surface area contributed by atoms with Crippen LogP contribution in [0.25, 0.3) is 0 Å². The molecule has 1 heterocycles. The van der Waals surface area contributed by atoms with Crippen LogP contribution in [0, 0.1) is 4.91 Å². The summed E-state index contributed by atoms with van der Waals surface area (Å²) in [5.41, 5.74) is 0. The zero-order chi connectivity index (χ0) is 16.0. The Balaban J connectivity index is 2.57. The third-order valence-corrected chi connectivity index (χ3v) is 3.15. The maximum Gasteiger partial charge on any atom is 0.340 e. The summed E-state index contributed by atoms with van der Waals surface area (Å²) in [5.74, 6) is 0.0262. The van der Waals surface area contributed by atoms with E-state index < -0.39 is 36.7 Å². The highest BCUT2D eigenvalue weighted by Crippen LogP contribution is 2.21. The quantitative estimate of drug-likeness (QED) is 0.261. The normalized spacial score (nSPS) is 32.5. The number of hydrogen-bond acceptors (Lipinski definition) is 8. The van der Waals surface area contributed by atoms with Crippen molar-refractivity contribution in [3.8, 4) is 0 Å². The second-order valence-electron chi connectivity index (χ2n) is 4.33. The Morgan fingerprint density at radius 2 is 2.05 bits per heavy atom. The molecule has 0 aliphatic carbocycles. The summed E-state index contributed by atoms with van der Waals surface area (Å²) in [6, 6.07) is -0.823. The molecule has 0 bridgehead atoms. The monoisotopic (exact) mass is 327 g/mol. The average Bonchev–Trinajstić information content (AvgIpc) is 2.49. The molecular formula is C10H18ClN3O7. The minimum atomic E-state index is -1.49. The summed E-state index contributed by atoms with van der Waals surface area (Å²) in [6.45, 7) is -0.301. The SMILES string of the molecule is CO[C@@H]1O[C@H](CNC(=O)N(CCCl)N=O)[C@H](O)[C@@H](O)[C@@H]1O. The molecule has 122 valence electrons. The Hall–Kier alpha value is -1.04. The molecule has 1 rings (SSSR count). The van der Waals surface area contributed by atoms with Crippen LogP contribution in [0.2, 0.25) is 0 Å². The molecule has 0 aromatic rings. The molecule has 5 atom stereocenters. The molecule has 4 N–H and O–H groups in total. The molecule has 1 aliphatic rings. The summed E-state index contributed by atoms with van der Waals surface area (Å²) in [7, 11) is 1.26. The zero-order valence-corrected chi connectivity index (χ0v) is 12.0. The molecule has 21 heavy (non-hydrogen) atoms. The second kappa shape index (κ2) is 8.41. The largest absolute Gasteiger partial charge is 0.388 e. The fourth-order valence-corrected chi connectivity index (χ4v) is 1.98. The third-order valence-electron chi connectivity index (χ3n) is 2.98. The molecule has 1 fully saturated rings. The van der Waals surface area contributed by atoms with Gasteiger partial charge in [0.1, 0.15) is 24.4 Å². The van der Waals surface area contributed by atoms with E-state index in [0.717, 1.165) is 0 Å². The van der Waals surface area contributed by atoms with Crippen molar-refractivity contribution < 1.29 is 29.6 Å². The Bertz CT molecular complexity index is 360. The predicted octanol–water partition coefficient (Wildman–Crippen LogP) is -1.63. The van der Waals surface area contributed by atoms with Crippen LogP contribution < -0.4 is 5.32 Å². The van der Waals surface area contributed by atoms with Gasteiger partial charge >= 0.3 is 6.03 Å². The minimum absolute atomic E-state index is 0.0262. The molecule has 2 amide bonds. The van der Waals surface area contributed by atoms with Gasteiger partial charge in [0.2, 0.25) is 0 Å². The summed E-state index contributed by atoms with van der Waals surface area (Å²) < 4.78 is 10.0. The first-order valence-corrected chi connectivity index (χ1v) is 6.66. The van der Waals surface area contributed by atoms with Crippen molar-refractivity contribution in [3.63, 3.8) is 0 Å². The fraction of sp³-hybridized carbons (Fsp3) is 0.900. The number of ether oxygens (including phenoxy) is 2. The van der Waals surface area contributed by atoms with Crippen LogP contribution in [0.15, 0.2) is 5.29 Å². The van der Waals surface area contributed by atoms with E-state index in [4.69, 9.17) is 21.1 Å². The average molecular weight is 328 g/mol. The van der Waals surface area contributed by atoms with Crippen LogP contribution in [0.3, 0.4) is 0 Å². The number of hydrogen-bond donors (Lipinski definition) is 4. The van der Waals surface area contributed by atoms with E-state index in [2.05, 4.69) is 10.6 Å². The number of halogens is 1. The van der Waals surface area contributed by atoms with E-state index >= 15 is 0 Å². The molecule has 0 saturated carbocycles. The van der Waals surface area contributed by atoms with E-state index in [1.807, 2.05) is 0 Å². The summed E-state index contributed by atoms with van der Waals surface area (Å²) >= 11 is 5.40. The lowest BCUT2D eigenvalue weighted by atomic mass is 9.99. The predicted molar refractivity (Wildman–Crippen MR) is 70.3 cm³/mol. The van der Waals surface area contributed by atoms with Crippen LogP contribution in [-0.4, -0.2) is 83.1 Å². The van der Waals surface area contributed by atoms with Gasteiger partial charge in [0.05, 0.1) is 11.8 Å². The van der Waals surface area contributed by atoms with E-state index in [0.29, 0.717) is 5.01 Å². The number of rotatable bonds is 6. The summed E-state index contributed by atoms with van der Waals surface area (Å²) in [4.78, 5) is 22.0. The maximum atomic E-state index is 11.6. The van der Waals surface area contributed by atoms with Gasteiger partial charge in [0, 0.05) is 19.5 Å². The zero-order valence-electron chi connectivity index (χ0n) is 11.3. The highest BCUT2D eigenvalue weighted by Gasteiger charge is 2.43. The van der Waals surface area contributed by atoms with Crippen LogP contribution in [0.5, 0.6) is 0 Å². The third kappa shape index (κ3) is 4.46. The number of alkyl halides is 1. The van der Waals surface area contributed by atoms with Crippen LogP contribution in [0.1, 0.15) is 0 Å². The molecule has 0 aromatic carbocycles. The van der Waals surface area contributed by atoms with Crippen LogP contribution >= 0.6 is 11.6 Å². The number of nitrogens with one attached hydrogen (secondary N) is 1. The van der Waals surface area contributed by atoms with E-state index in [1.165, 1.54) is 7.11 Å². The standard InChI is InChI=1S/C10H18ClN3O7/c1-20-9-8(17)7(16)6(15)5(21-9)4-12-10(18)14(13-19)3-2-11/h5-9,15-17H,2-4H2,1H3,(H,12,18)/t5-,6+,7-,8+,9-/m1/s1. The number of aliphatic hydroxyl groups is 3. The Morgan fingerprint density at radius 1 is 1.38 bits per heavy atom. The molecule has 0 unspecified atom stereocenters. The first-order chi connectivity index (χ1) is 9.96. The van der Waals surface area contributed by atoms with Crippen molar-refractivity contribution in [2.24, 2.45) is 5.29 Å². The smallest absolute Gasteiger partial charge is 0.340 e. The molecule has 0 spiro atoms. The van der Waals surface area contributed by atoms with Crippen molar-refractivity contribution in [1.82, 2.24) is 10.3 Å². The van der Waals surface area contributed by atoms with Crippen LogP contribution in [-0.2, 0) is 9.47 Å². The Morgan fingerprint density at radius 3 is 2.57 bits per heavy atom. The molecule has 11 heteroatoms. The van der Waals surface area contributed by atoms with Gasteiger partial charge in [-0.2, -0.15) is 5.01 Å². The molecule has 10 nitrogen and oxygen atoms in total. The van der Waals surface area contributed by atoms with E-state index in [-0.39, 0.29) is 19.0 Å². The number of methoxy groups -OCH3 is 1. The molecule has 1 saturated heterocycles. The molecule has 0 radical (unpaired) electrons. The topological polar surface area (TPSA) is 141 Å². The maximum absolute atomic E-state index is 11.6. The number of urea groups is 1. The van der Waals surface area contributed by atoms with Crippen molar-refractivity contribution in [3.05, 3.63) is 4.91 Å². The number of carbonyl (C=O) groups is 1. The van der Waals surface area contributed by atoms with Crippen molar-refractivity contribution in [2.45, 2.75) is 30.7 Å². The lowest BCUT2D eigenvalue weighted by molar-refractivity contribution is -0.288. The first kappa shape index (κ1) is 18.0. The van der Waals surface area contributed by atoms with Gasteiger partial charge in [0.15, 0.2) is 6.29 Å². The van der Waals surface area contributed by atoms with Gasteiger partial charge in [0.25, 0.3) is 0 Å². The van der Waals surface area contributed by atoms with Gasteiger partial charge in [-0.15, -0.1) is 16.5 Å². The van der Waals surface area contributed by atoms with Gasteiger partial charge < -0.3 is 30.1 Å². The van der Waals surface area contributed by atoms with Crippen molar-refractivity contribution in [1.29, 1.82) is 0 Å². The molecule has 1 aliphatic heterocycles. The van der Waals surface area contributed by atoms with Gasteiger partial charge in [-0.25, -0.2) is 4.79 Å². The Labute approximate surface area is 125 Å². The van der Waals surface area contributed by atoms with Crippen LogP contribution in [0.4, 0.5) is 4.79 Å². The van der Waals surface area contributed by atoms with Gasteiger partial charge in [-0.1, -0.05) is 0 Å². The van der Waals surface area contributed by atoms with Crippen molar-refractivity contribution >= 4 is 17.6 Å². The number of amides is 2. The minimum Gasteiger partial charge on any atom is -0.388 e. The summed E-state index contributed by atoms with van der Waals surface area (Å²) in [6.07, 6.45) is -6.51. The Kier molecular flexibility index (Phi) is 7.22.